The molecular formula is C16H19BrNO4+. The number of hydrogen-bond donors (Lipinski definition) is 1. The fourth-order valence-electron chi connectivity index (χ4n) is 2.92. The van der Waals surface area contributed by atoms with Gasteiger partial charge in [-0.15, -0.1) is 4.48 Å². The number of benzene rings is 1. The summed E-state index contributed by atoms with van der Waals surface area (Å²) in [5, 5.41) is 9.67. The number of ether oxygens (including phenoxy) is 1. The Hall–Kier alpha value is -1.66. The number of halogens is 1. The molecule has 1 amide bonds. The monoisotopic (exact) mass is 368 g/mol. The molecule has 1 aromatic rings. The molecule has 0 saturated heterocycles. The maximum atomic E-state index is 12.8. The molecule has 1 atom stereocenters. The Morgan fingerprint density at radius 2 is 1.95 bits per heavy atom. The summed E-state index contributed by atoms with van der Waals surface area (Å²) >= 11 is 3.40. The molecule has 1 heterocycles. The molecule has 0 aliphatic carbocycles. The van der Waals surface area contributed by atoms with E-state index in [-0.39, 0.29) is 12.3 Å². The van der Waals surface area contributed by atoms with Crippen molar-refractivity contribution in [3.8, 4) is 0 Å². The molecule has 5 nitrogen and oxygen atoms in total. The lowest BCUT2D eigenvalue weighted by atomic mass is 9.99. The summed E-state index contributed by atoms with van der Waals surface area (Å²) < 4.78 is 5.56. The lowest BCUT2D eigenvalue weighted by molar-refractivity contribution is -0.134. The number of hydrogen-bond acceptors (Lipinski definition) is 3. The molecule has 1 N–H and O–H groups in total. The number of aliphatic carboxylic acids is 1. The minimum absolute atomic E-state index is 0.000880. The van der Waals surface area contributed by atoms with E-state index in [4.69, 9.17) is 4.74 Å². The summed E-state index contributed by atoms with van der Waals surface area (Å²) in [4.78, 5) is 24.7. The summed E-state index contributed by atoms with van der Waals surface area (Å²) in [7, 11) is 0. The van der Waals surface area contributed by atoms with Crippen LogP contribution >= 0.6 is 15.9 Å². The number of carbonyl (C=O) groups is 2. The summed E-state index contributed by atoms with van der Waals surface area (Å²) in [6, 6.07) is 5.40. The van der Waals surface area contributed by atoms with Gasteiger partial charge in [-0.2, -0.15) is 4.79 Å². The van der Waals surface area contributed by atoms with E-state index in [9.17, 15) is 14.7 Å². The molecule has 0 bridgehead atoms. The Kier molecular flexibility index (Phi) is 4.19. The van der Waals surface area contributed by atoms with Crippen molar-refractivity contribution in [2.24, 2.45) is 0 Å². The quantitative estimate of drug-likeness (QED) is 0.796. The van der Waals surface area contributed by atoms with Gasteiger partial charge < -0.3 is 9.84 Å². The highest BCUT2D eigenvalue weighted by atomic mass is 79.9. The summed E-state index contributed by atoms with van der Waals surface area (Å²) in [6.07, 6.45) is 0.965. The van der Waals surface area contributed by atoms with Crippen molar-refractivity contribution in [3.05, 3.63) is 33.9 Å². The highest BCUT2D eigenvalue weighted by Gasteiger charge is 2.60. The van der Waals surface area contributed by atoms with Crippen LogP contribution in [0.3, 0.4) is 0 Å². The normalized spacial score (nSPS) is 20.3. The fourth-order valence-corrected chi connectivity index (χ4v) is 3.27. The van der Waals surface area contributed by atoms with Crippen molar-refractivity contribution in [1.29, 1.82) is 0 Å². The van der Waals surface area contributed by atoms with Crippen molar-refractivity contribution < 1.29 is 19.4 Å². The molecule has 2 rings (SSSR count). The van der Waals surface area contributed by atoms with Crippen LogP contribution in [0, 0.1) is 0 Å². The van der Waals surface area contributed by atoms with E-state index in [1.807, 2.05) is 26.8 Å². The van der Waals surface area contributed by atoms with Gasteiger partial charge in [-0.05, 0) is 39.8 Å². The highest BCUT2D eigenvalue weighted by molar-refractivity contribution is 9.10. The topological polar surface area (TPSA) is 63.6 Å². The number of amides is 1. The molecule has 0 saturated carbocycles. The summed E-state index contributed by atoms with van der Waals surface area (Å²) in [5.74, 6) is -1.13. The van der Waals surface area contributed by atoms with Crippen LogP contribution in [0.1, 0.15) is 33.3 Å². The van der Waals surface area contributed by atoms with Crippen LogP contribution < -0.4 is 4.48 Å². The van der Waals surface area contributed by atoms with E-state index in [0.29, 0.717) is 11.3 Å². The Balaban J connectivity index is 2.84. The lowest BCUT2D eigenvalue weighted by Crippen LogP contribution is -2.64. The number of quaternary nitrogens is 1. The minimum atomic E-state index is -1.13. The first-order chi connectivity index (χ1) is 10.2. The van der Waals surface area contributed by atoms with Gasteiger partial charge in [0.15, 0.2) is 5.69 Å². The molecule has 118 valence electrons. The van der Waals surface area contributed by atoms with Gasteiger partial charge in [-0.25, -0.2) is 4.79 Å². The van der Waals surface area contributed by atoms with Crippen LogP contribution in [-0.2, 0) is 9.53 Å². The second-order valence-electron chi connectivity index (χ2n) is 6.08. The zero-order valence-corrected chi connectivity index (χ0v) is 14.6. The number of fused-ring (bicyclic) bond motifs is 1. The third-order valence-electron chi connectivity index (χ3n) is 3.77. The summed E-state index contributed by atoms with van der Waals surface area (Å²) in [5.41, 5.74) is 0.600. The molecule has 0 spiro atoms. The molecule has 1 aliphatic rings. The van der Waals surface area contributed by atoms with Crippen molar-refractivity contribution in [2.45, 2.75) is 33.2 Å². The van der Waals surface area contributed by atoms with Gasteiger partial charge in [0.25, 0.3) is 0 Å². The second-order valence-corrected chi connectivity index (χ2v) is 6.99. The SMILES string of the molecule is CCOC(=O)[N+]1(C(C)(C)C)C(C(=O)O)=Cc2ccc(Br)cc21. The standard InChI is InChI=1S/C16H18BrNO4/c1-5-22-15(21)18(16(2,3)4)12-9-11(17)7-6-10(12)8-13(18)14(19)20/h6-9H,5H2,1-4H3/p+1. The van der Waals surface area contributed by atoms with E-state index >= 15 is 0 Å². The van der Waals surface area contributed by atoms with Gasteiger partial charge in [0.1, 0.15) is 5.54 Å². The first kappa shape index (κ1) is 16.7. The second kappa shape index (κ2) is 5.52. The molecule has 6 heteroatoms. The van der Waals surface area contributed by atoms with Crippen molar-refractivity contribution in [2.75, 3.05) is 6.61 Å². The van der Waals surface area contributed by atoms with Crippen molar-refractivity contribution in [3.63, 3.8) is 0 Å². The smallest absolute Gasteiger partial charge is 0.474 e. The molecule has 22 heavy (non-hydrogen) atoms. The molecule has 1 aliphatic heterocycles. The van der Waals surface area contributed by atoms with Gasteiger partial charge in [0.05, 0.1) is 6.61 Å². The van der Waals surface area contributed by atoms with Crippen LogP contribution in [0.4, 0.5) is 10.5 Å². The van der Waals surface area contributed by atoms with Gasteiger partial charge in [-0.1, -0.05) is 15.9 Å². The van der Waals surface area contributed by atoms with Gasteiger partial charge in [0, 0.05) is 22.2 Å². The van der Waals surface area contributed by atoms with Crippen LogP contribution in [0.25, 0.3) is 6.08 Å². The molecule has 0 fully saturated rings. The van der Waals surface area contributed by atoms with Crippen LogP contribution in [0.15, 0.2) is 28.4 Å². The molecule has 1 unspecified atom stereocenters. The Morgan fingerprint density at radius 3 is 2.45 bits per heavy atom. The number of carboxylic acid groups (broad SMARTS) is 1. The first-order valence-corrected chi connectivity index (χ1v) is 7.77. The molecule has 0 radical (unpaired) electrons. The third kappa shape index (κ3) is 2.27. The van der Waals surface area contributed by atoms with E-state index in [1.165, 1.54) is 0 Å². The lowest BCUT2D eigenvalue weighted by Gasteiger charge is -2.41. The maximum Gasteiger partial charge on any atom is 0.527 e. The van der Waals surface area contributed by atoms with E-state index < -0.39 is 22.1 Å². The zero-order valence-electron chi connectivity index (χ0n) is 13.0. The summed E-state index contributed by atoms with van der Waals surface area (Å²) in [6.45, 7) is 7.38. The average molecular weight is 369 g/mol. The number of nitrogens with zero attached hydrogens (tertiary/aromatic N) is 1. The van der Waals surface area contributed by atoms with Crippen LogP contribution in [0.2, 0.25) is 0 Å². The van der Waals surface area contributed by atoms with Crippen molar-refractivity contribution in [1.82, 2.24) is 4.48 Å². The predicted octanol–water partition coefficient (Wildman–Crippen LogP) is 4.15. The van der Waals surface area contributed by atoms with Gasteiger partial charge in [-0.3, -0.25) is 0 Å². The van der Waals surface area contributed by atoms with E-state index in [2.05, 4.69) is 15.9 Å². The average Bonchev–Trinajstić information content (AvgIpc) is 2.73. The first-order valence-electron chi connectivity index (χ1n) is 6.98. The number of carboxylic acids is 1. The zero-order chi connectivity index (χ0) is 16.7. The number of carbonyl (C=O) groups excluding carboxylic acids is 1. The maximum absolute atomic E-state index is 12.8. The predicted molar refractivity (Wildman–Crippen MR) is 88.3 cm³/mol. The van der Waals surface area contributed by atoms with Crippen LogP contribution in [-0.4, -0.2) is 29.3 Å². The number of rotatable bonds is 2. The van der Waals surface area contributed by atoms with E-state index in [0.717, 1.165) is 4.47 Å². The largest absolute Gasteiger partial charge is 0.527 e. The van der Waals surface area contributed by atoms with Gasteiger partial charge >= 0.3 is 12.1 Å². The molecular weight excluding hydrogens is 350 g/mol. The van der Waals surface area contributed by atoms with E-state index in [1.54, 1.807) is 25.1 Å². The fraction of sp³-hybridized carbons (Fsp3) is 0.375. The Morgan fingerprint density at radius 1 is 1.32 bits per heavy atom. The Bertz CT molecular complexity index is 675. The highest BCUT2D eigenvalue weighted by Crippen LogP contribution is 2.48. The van der Waals surface area contributed by atoms with Crippen molar-refractivity contribution >= 4 is 39.8 Å². The Labute approximate surface area is 137 Å². The minimum Gasteiger partial charge on any atom is -0.474 e. The van der Waals surface area contributed by atoms with Gasteiger partial charge in [0.2, 0.25) is 5.70 Å². The molecule has 1 aromatic carbocycles. The van der Waals surface area contributed by atoms with Crippen LogP contribution in [0.5, 0.6) is 0 Å². The molecule has 0 aromatic heterocycles. The third-order valence-corrected chi connectivity index (χ3v) is 4.27.